The minimum atomic E-state index is -3.32. The average molecular weight is 406 g/mol. The smallest absolute Gasteiger partial charge is 0.209 e. The van der Waals surface area contributed by atoms with E-state index in [4.69, 9.17) is 0 Å². The van der Waals surface area contributed by atoms with Crippen LogP contribution in [0.5, 0.6) is 0 Å². The number of likely N-dealkylation sites (N-methyl/N-ethyl adjacent to an activating group) is 1. The maximum atomic E-state index is 13.2. The predicted octanol–water partition coefficient (Wildman–Crippen LogP) is 2.44. The van der Waals surface area contributed by atoms with Crippen molar-refractivity contribution in [3.8, 4) is 0 Å². The highest BCUT2D eigenvalue weighted by atomic mass is 32.2. The molecule has 0 aliphatic heterocycles. The Hall–Kier alpha value is -2.00. The van der Waals surface area contributed by atoms with Gasteiger partial charge < -0.3 is 10.2 Å². The Kier molecular flexibility index (Phi) is 5.81. The van der Waals surface area contributed by atoms with Crippen molar-refractivity contribution in [1.29, 1.82) is 0 Å². The molecule has 0 spiro atoms. The highest BCUT2D eigenvalue weighted by molar-refractivity contribution is 7.88. The number of sulfonamides is 1. The summed E-state index contributed by atoms with van der Waals surface area (Å²) in [6.45, 7) is 1.70. The quantitative estimate of drug-likeness (QED) is 0.591. The zero-order valence-electron chi connectivity index (χ0n) is 15.6. The van der Waals surface area contributed by atoms with Crippen LogP contribution in [0.15, 0.2) is 41.2 Å². The van der Waals surface area contributed by atoms with Gasteiger partial charge >= 0.3 is 0 Å². The minimum Gasteiger partial charge on any atom is -0.383 e. The lowest BCUT2D eigenvalue weighted by atomic mass is 10.1. The molecule has 144 valence electrons. The van der Waals surface area contributed by atoms with Crippen LogP contribution in [0.25, 0.3) is 20.2 Å². The monoisotopic (exact) mass is 405 g/mol. The molecule has 0 atom stereocenters. The Morgan fingerprint density at radius 2 is 1.85 bits per heavy atom. The van der Waals surface area contributed by atoms with E-state index in [1.807, 2.05) is 50.5 Å². The summed E-state index contributed by atoms with van der Waals surface area (Å²) in [7, 11) is 0.667. The summed E-state index contributed by atoms with van der Waals surface area (Å²) in [4.78, 5) is 15.2. The number of benzene rings is 2. The van der Waals surface area contributed by atoms with Crippen molar-refractivity contribution in [2.75, 3.05) is 38.8 Å². The van der Waals surface area contributed by atoms with E-state index in [0.717, 1.165) is 33.5 Å². The fourth-order valence-corrected chi connectivity index (χ4v) is 4.50. The van der Waals surface area contributed by atoms with Crippen LogP contribution in [-0.4, -0.2) is 46.8 Å². The molecule has 0 aliphatic rings. The standard InChI is InChI=1S/C19H23N3O3S2/c1-22(2)11-10-20-15-9-8-13(12-21-27(3,24)25)19-17(15)18(23)14-6-4-5-7-16(14)26-19/h4-9,20-21H,10-12H2,1-3H3. The van der Waals surface area contributed by atoms with Crippen LogP contribution >= 0.6 is 11.3 Å². The van der Waals surface area contributed by atoms with Crippen LogP contribution in [0.3, 0.4) is 0 Å². The van der Waals surface area contributed by atoms with Gasteiger partial charge in [0.15, 0.2) is 5.43 Å². The highest BCUT2D eigenvalue weighted by Crippen LogP contribution is 2.32. The Morgan fingerprint density at radius 3 is 2.56 bits per heavy atom. The molecule has 0 amide bonds. The maximum Gasteiger partial charge on any atom is 0.209 e. The molecule has 0 saturated carbocycles. The van der Waals surface area contributed by atoms with Crippen LogP contribution in [0.4, 0.5) is 5.69 Å². The molecule has 1 heterocycles. The van der Waals surface area contributed by atoms with E-state index in [1.54, 1.807) is 0 Å². The Morgan fingerprint density at radius 1 is 1.11 bits per heavy atom. The lowest BCUT2D eigenvalue weighted by Crippen LogP contribution is -2.22. The summed E-state index contributed by atoms with van der Waals surface area (Å²) in [5, 5.41) is 4.65. The SMILES string of the molecule is CN(C)CCNc1ccc(CNS(C)(=O)=O)c2sc3ccccc3c(=O)c12. The summed E-state index contributed by atoms with van der Waals surface area (Å²) in [5.41, 5.74) is 1.54. The largest absolute Gasteiger partial charge is 0.383 e. The zero-order valence-corrected chi connectivity index (χ0v) is 17.2. The van der Waals surface area contributed by atoms with Crippen LogP contribution in [0.1, 0.15) is 5.56 Å². The van der Waals surface area contributed by atoms with Gasteiger partial charge in [0.2, 0.25) is 10.0 Å². The summed E-state index contributed by atoms with van der Waals surface area (Å²) in [6, 6.07) is 11.2. The molecule has 0 saturated heterocycles. The second-order valence-electron chi connectivity index (χ2n) is 6.73. The topological polar surface area (TPSA) is 78.5 Å². The first-order valence-electron chi connectivity index (χ1n) is 8.57. The average Bonchev–Trinajstić information content (AvgIpc) is 2.60. The molecular weight excluding hydrogens is 382 g/mol. The third-order valence-electron chi connectivity index (χ3n) is 4.21. The van der Waals surface area contributed by atoms with Crippen LogP contribution < -0.4 is 15.5 Å². The van der Waals surface area contributed by atoms with E-state index < -0.39 is 10.0 Å². The van der Waals surface area contributed by atoms with Crippen LogP contribution in [0.2, 0.25) is 0 Å². The molecule has 0 unspecified atom stereocenters. The molecule has 27 heavy (non-hydrogen) atoms. The van der Waals surface area contributed by atoms with E-state index in [-0.39, 0.29) is 12.0 Å². The third-order valence-corrected chi connectivity index (χ3v) is 6.12. The molecule has 0 aliphatic carbocycles. The first-order chi connectivity index (χ1) is 12.8. The normalized spacial score (nSPS) is 12.1. The van der Waals surface area contributed by atoms with Gasteiger partial charge in [-0.2, -0.15) is 0 Å². The molecule has 6 nitrogen and oxygen atoms in total. The Balaban J connectivity index is 2.16. The fourth-order valence-electron chi connectivity index (χ4n) is 2.87. The van der Waals surface area contributed by atoms with Gasteiger partial charge in [0.1, 0.15) is 0 Å². The number of nitrogens with zero attached hydrogens (tertiary/aromatic N) is 1. The van der Waals surface area contributed by atoms with Crippen molar-refractivity contribution in [3.63, 3.8) is 0 Å². The van der Waals surface area contributed by atoms with Gasteiger partial charge in [-0.25, -0.2) is 13.1 Å². The molecule has 3 rings (SSSR count). The Bertz CT molecular complexity index is 1140. The minimum absolute atomic E-state index is 0.0343. The van der Waals surface area contributed by atoms with Gasteiger partial charge in [0.05, 0.1) is 11.6 Å². The zero-order chi connectivity index (χ0) is 19.6. The third kappa shape index (κ3) is 4.65. The van der Waals surface area contributed by atoms with Gasteiger partial charge in [-0.1, -0.05) is 18.2 Å². The number of hydrogen-bond acceptors (Lipinski definition) is 6. The summed E-state index contributed by atoms with van der Waals surface area (Å²) in [6.07, 6.45) is 1.13. The van der Waals surface area contributed by atoms with E-state index in [1.165, 1.54) is 11.3 Å². The van der Waals surface area contributed by atoms with E-state index in [9.17, 15) is 13.2 Å². The number of anilines is 1. The highest BCUT2D eigenvalue weighted by Gasteiger charge is 2.14. The second-order valence-corrected chi connectivity index (χ2v) is 9.61. The lowest BCUT2D eigenvalue weighted by Gasteiger charge is -2.15. The fraction of sp³-hybridized carbons (Fsp3) is 0.316. The van der Waals surface area contributed by atoms with Gasteiger partial charge in [-0.3, -0.25) is 4.79 Å². The molecule has 2 N–H and O–H groups in total. The van der Waals surface area contributed by atoms with E-state index in [0.29, 0.717) is 17.3 Å². The molecule has 2 aromatic carbocycles. The van der Waals surface area contributed by atoms with Crippen molar-refractivity contribution in [3.05, 3.63) is 52.2 Å². The molecule has 3 aromatic rings. The van der Waals surface area contributed by atoms with Gasteiger partial charge in [0, 0.05) is 40.1 Å². The van der Waals surface area contributed by atoms with Crippen molar-refractivity contribution < 1.29 is 8.42 Å². The Labute approximate surface area is 162 Å². The van der Waals surface area contributed by atoms with Crippen molar-refractivity contribution in [2.24, 2.45) is 0 Å². The van der Waals surface area contributed by atoms with E-state index >= 15 is 0 Å². The summed E-state index contributed by atoms with van der Waals surface area (Å²) in [5.74, 6) is 0. The first kappa shape index (κ1) is 19.8. The van der Waals surface area contributed by atoms with Crippen molar-refractivity contribution >= 4 is 47.2 Å². The van der Waals surface area contributed by atoms with Crippen molar-refractivity contribution in [2.45, 2.75) is 6.54 Å². The second kappa shape index (κ2) is 7.93. The lowest BCUT2D eigenvalue weighted by molar-refractivity contribution is 0.425. The summed E-state index contributed by atoms with van der Waals surface area (Å²) >= 11 is 1.51. The molecule has 0 bridgehead atoms. The predicted molar refractivity (Wildman–Crippen MR) is 114 cm³/mol. The molecule has 0 fully saturated rings. The molecule has 8 heteroatoms. The van der Waals surface area contributed by atoms with Crippen LogP contribution in [-0.2, 0) is 16.6 Å². The van der Waals surface area contributed by atoms with Crippen LogP contribution in [0, 0.1) is 0 Å². The maximum absolute atomic E-state index is 13.2. The number of hydrogen-bond donors (Lipinski definition) is 2. The van der Waals surface area contributed by atoms with Gasteiger partial charge in [-0.15, -0.1) is 11.3 Å². The number of fused-ring (bicyclic) bond motifs is 2. The van der Waals surface area contributed by atoms with E-state index in [2.05, 4.69) is 14.9 Å². The number of nitrogens with one attached hydrogen (secondary N) is 2. The van der Waals surface area contributed by atoms with Gasteiger partial charge in [-0.05, 0) is 37.9 Å². The number of rotatable bonds is 7. The first-order valence-corrected chi connectivity index (χ1v) is 11.3. The molecular formula is C19H23N3O3S2. The molecule has 0 radical (unpaired) electrons. The van der Waals surface area contributed by atoms with Crippen molar-refractivity contribution in [1.82, 2.24) is 9.62 Å². The van der Waals surface area contributed by atoms with Gasteiger partial charge in [0.25, 0.3) is 0 Å². The molecule has 1 aromatic heterocycles. The summed E-state index contributed by atoms with van der Waals surface area (Å²) < 4.78 is 27.2.